The average molecular weight is 249 g/mol. The summed E-state index contributed by atoms with van der Waals surface area (Å²) in [6, 6.07) is -1.58. The summed E-state index contributed by atoms with van der Waals surface area (Å²) >= 11 is 0. The van der Waals surface area contributed by atoms with E-state index >= 15 is 0 Å². The monoisotopic (exact) mass is 249 g/mol. The fourth-order valence-electron chi connectivity index (χ4n) is 1.78. The maximum atomic E-state index is 12.4. The molecule has 0 aromatic rings. The molecule has 1 aliphatic rings. The first-order chi connectivity index (χ1) is 7.16. The van der Waals surface area contributed by atoms with Gasteiger partial charge in [-0.25, -0.2) is 0 Å². The molecule has 0 radical (unpaired) electrons. The van der Waals surface area contributed by atoms with Crippen LogP contribution in [-0.2, 0) is 0 Å². The highest BCUT2D eigenvalue weighted by molar-refractivity contribution is 4.90. The van der Waals surface area contributed by atoms with E-state index in [1.165, 1.54) is 0 Å². The van der Waals surface area contributed by atoms with Gasteiger partial charge in [-0.2, -0.15) is 26.3 Å². The average Bonchev–Trinajstić information content (AvgIpc) is 2.81. The van der Waals surface area contributed by atoms with Gasteiger partial charge in [0.05, 0.1) is 0 Å². The van der Waals surface area contributed by atoms with Crippen molar-refractivity contribution in [3.8, 4) is 0 Å². The van der Waals surface area contributed by atoms with Crippen LogP contribution in [0.25, 0.3) is 0 Å². The van der Waals surface area contributed by atoms with Crippen molar-refractivity contribution in [2.24, 2.45) is 11.8 Å². The van der Waals surface area contributed by atoms with E-state index in [1.54, 1.807) is 0 Å². The summed E-state index contributed by atoms with van der Waals surface area (Å²) in [6.45, 7) is 0. The van der Waals surface area contributed by atoms with Crippen LogP contribution in [0.4, 0.5) is 26.3 Å². The highest BCUT2D eigenvalue weighted by Crippen LogP contribution is 2.45. The van der Waals surface area contributed by atoms with Crippen LogP contribution in [0, 0.1) is 11.8 Å². The van der Waals surface area contributed by atoms with Gasteiger partial charge in [0, 0.05) is 6.04 Å². The summed E-state index contributed by atoms with van der Waals surface area (Å²) in [6.07, 6.45) is -9.12. The maximum Gasteiger partial charge on any atom is 0.401 e. The van der Waals surface area contributed by atoms with Crippen LogP contribution in [0.5, 0.6) is 0 Å². The molecule has 1 nitrogen and oxygen atoms in total. The summed E-state index contributed by atoms with van der Waals surface area (Å²) in [5.74, 6) is -3.27. The topological polar surface area (TPSA) is 12.0 Å². The van der Waals surface area contributed by atoms with Crippen molar-refractivity contribution in [3.05, 3.63) is 0 Å². The Balaban J connectivity index is 2.79. The van der Waals surface area contributed by atoms with Crippen molar-refractivity contribution < 1.29 is 26.3 Å². The summed E-state index contributed by atoms with van der Waals surface area (Å²) in [7, 11) is 1.14. The lowest BCUT2D eigenvalue weighted by Gasteiger charge is -2.30. The van der Waals surface area contributed by atoms with Crippen LogP contribution in [0.3, 0.4) is 0 Å². The molecule has 0 aliphatic heterocycles. The highest BCUT2D eigenvalue weighted by Gasteiger charge is 2.60. The molecule has 1 unspecified atom stereocenters. The number of halogens is 6. The van der Waals surface area contributed by atoms with E-state index in [0.717, 1.165) is 19.9 Å². The lowest BCUT2D eigenvalue weighted by molar-refractivity contribution is -0.292. The van der Waals surface area contributed by atoms with Crippen LogP contribution in [0.15, 0.2) is 0 Å². The molecule has 1 atom stereocenters. The van der Waals surface area contributed by atoms with Gasteiger partial charge in [-0.1, -0.05) is 12.8 Å². The minimum atomic E-state index is -5.25. The van der Waals surface area contributed by atoms with Crippen molar-refractivity contribution in [2.45, 2.75) is 37.7 Å². The fraction of sp³-hybridized carbons (Fsp3) is 1.00. The Bertz CT molecular complexity index is 215. The van der Waals surface area contributed by atoms with Gasteiger partial charge in [0.15, 0.2) is 5.92 Å². The Morgan fingerprint density at radius 3 is 1.75 bits per heavy atom. The third kappa shape index (κ3) is 3.54. The summed E-state index contributed by atoms with van der Waals surface area (Å²) in [4.78, 5) is 0. The molecule has 0 aromatic heterocycles. The number of rotatable bonds is 4. The number of hydrogen-bond donors (Lipinski definition) is 1. The van der Waals surface area contributed by atoms with Crippen molar-refractivity contribution >= 4 is 0 Å². The van der Waals surface area contributed by atoms with Crippen LogP contribution in [-0.4, -0.2) is 25.4 Å². The molecule has 0 amide bonds. The molecule has 0 bridgehead atoms. The standard InChI is InChI=1S/C9H13F6N/c1-16-6(4-5-2-3-5)7(8(10,11)12)9(13,14)15/h5-7,16H,2-4H2,1H3. The second-order valence-corrected chi connectivity index (χ2v) is 4.14. The second kappa shape index (κ2) is 4.43. The van der Waals surface area contributed by atoms with Gasteiger partial charge in [-0.3, -0.25) is 0 Å². The van der Waals surface area contributed by atoms with Crippen LogP contribution in [0.2, 0.25) is 0 Å². The zero-order chi connectivity index (χ0) is 12.6. The molecule has 1 rings (SSSR count). The molecular weight excluding hydrogens is 236 g/mol. The Morgan fingerprint density at radius 2 is 1.50 bits per heavy atom. The van der Waals surface area contributed by atoms with Crippen molar-refractivity contribution in [1.29, 1.82) is 0 Å². The Labute approximate surface area is 89.2 Å². The minimum Gasteiger partial charge on any atom is -0.316 e. The first-order valence-electron chi connectivity index (χ1n) is 4.97. The van der Waals surface area contributed by atoms with Crippen molar-refractivity contribution in [2.75, 3.05) is 7.05 Å². The lowest BCUT2D eigenvalue weighted by atomic mass is 9.93. The van der Waals surface area contributed by atoms with Gasteiger partial charge in [0.25, 0.3) is 0 Å². The lowest BCUT2D eigenvalue weighted by Crippen LogP contribution is -2.50. The quantitative estimate of drug-likeness (QED) is 0.755. The molecule has 1 aliphatic carbocycles. The van der Waals surface area contributed by atoms with Gasteiger partial charge in [0.2, 0.25) is 0 Å². The fourth-order valence-corrected chi connectivity index (χ4v) is 1.78. The third-order valence-electron chi connectivity index (χ3n) is 2.76. The third-order valence-corrected chi connectivity index (χ3v) is 2.76. The van der Waals surface area contributed by atoms with E-state index in [0.29, 0.717) is 0 Å². The molecule has 0 spiro atoms. The first kappa shape index (κ1) is 13.6. The molecule has 0 saturated heterocycles. The smallest absolute Gasteiger partial charge is 0.316 e. The predicted octanol–water partition coefficient (Wildman–Crippen LogP) is 3.12. The molecule has 7 heteroatoms. The Kier molecular flexibility index (Phi) is 3.76. The van der Waals surface area contributed by atoms with Gasteiger partial charge in [-0.15, -0.1) is 0 Å². The molecule has 1 N–H and O–H groups in total. The van der Waals surface area contributed by atoms with E-state index in [2.05, 4.69) is 5.32 Å². The van der Waals surface area contributed by atoms with E-state index in [-0.39, 0.29) is 12.3 Å². The first-order valence-corrected chi connectivity index (χ1v) is 4.97. The SMILES string of the molecule is CNC(CC1CC1)C(C(F)(F)F)C(F)(F)F. The highest BCUT2D eigenvalue weighted by atomic mass is 19.4. The zero-order valence-electron chi connectivity index (χ0n) is 8.62. The summed E-state index contributed by atoms with van der Waals surface area (Å²) in [5, 5.41) is 2.15. The molecule has 0 heterocycles. The van der Waals surface area contributed by atoms with Gasteiger partial charge in [-0.05, 0) is 19.4 Å². The molecule has 16 heavy (non-hydrogen) atoms. The van der Waals surface area contributed by atoms with Gasteiger partial charge >= 0.3 is 12.4 Å². The normalized spacial score (nSPS) is 20.2. The van der Waals surface area contributed by atoms with Gasteiger partial charge < -0.3 is 5.32 Å². The number of alkyl halides is 6. The largest absolute Gasteiger partial charge is 0.401 e. The van der Waals surface area contributed by atoms with E-state index in [1.807, 2.05) is 0 Å². The number of hydrogen-bond acceptors (Lipinski definition) is 1. The zero-order valence-corrected chi connectivity index (χ0v) is 8.62. The molecule has 0 aromatic carbocycles. The van der Waals surface area contributed by atoms with E-state index < -0.39 is 24.3 Å². The van der Waals surface area contributed by atoms with Crippen LogP contribution in [0.1, 0.15) is 19.3 Å². The predicted molar refractivity (Wildman–Crippen MR) is 45.8 cm³/mol. The van der Waals surface area contributed by atoms with Crippen LogP contribution < -0.4 is 5.32 Å². The van der Waals surface area contributed by atoms with E-state index in [9.17, 15) is 26.3 Å². The molecule has 1 saturated carbocycles. The minimum absolute atomic E-state index is 0.00431. The molecular formula is C9H13F6N. The van der Waals surface area contributed by atoms with E-state index in [4.69, 9.17) is 0 Å². The maximum absolute atomic E-state index is 12.4. The Morgan fingerprint density at radius 1 is 1.06 bits per heavy atom. The number of nitrogens with one attached hydrogen (secondary N) is 1. The van der Waals surface area contributed by atoms with Crippen molar-refractivity contribution in [1.82, 2.24) is 5.32 Å². The van der Waals surface area contributed by atoms with Crippen LogP contribution >= 0.6 is 0 Å². The summed E-state index contributed by atoms with van der Waals surface area (Å²) < 4.78 is 74.2. The molecule has 96 valence electrons. The summed E-state index contributed by atoms with van der Waals surface area (Å²) in [5.41, 5.74) is 0. The second-order valence-electron chi connectivity index (χ2n) is 4.14. The molecule has 1 fully saturated rings. The Hall–Kier alpha value is -0.460. The van der Waals surface area contributed by atoms with Crippen molar-refractivity contribution in [3.63, 3.8) is 0 Å². The van der Waals surface area contributed by atoms with Gasteiger partial charge in [0.1, 0.15) is 0 Å².